The van der Waals surface area contributed by atoms with Crippen LogP contribution in [0.25, 0.3) is 0 Å². The van der Waals surface area contributed by atoms with Gasteiger partial charge in [-0.15, -0.1) is 0 Å². The minimum absolute atomic E-state index is 0.514. The lowest BCUT2D eigenvalue weighted by atomic mass is 9.73. The summed E-state index contributed by atoms with van der Waals surface area (Å²) >= 11 is 0. The first-order valence-electron chi connectivity index (χ1n) is 8.54. The van der Waals surface area contributed by atoms with Crippen LogP contribution in [0.3, 0.4) is 0 Å². The van der Waals surface area contributed by atoms with Crippen LogP contribution in [0.4, 0.5) is 4.39 Å². The SMILES string of the molecule is CC1CC2CCCC(/C=C/C3CCC(F)CC3)C2C1. The fraction of sp³-hybridized carbons (Fsp3) is 0.889. The quantitative estimate of drug-likeness (QED) is 0.575. The molecule has 0 heterocycles. The van der Waals surface area contributed by atoms with Gasteiger partial charge in [-0.05, 0) is 74.5 Å². The van der Waals surface area contributed by atoms with Crippen molar-refractivity contribution in [2.45, 2.75) is 70.9 Å². The summed E-state index contributed by atoms with van der Waals surface area (Å²) in [5.41, 5.74) is 0. The highest BCUT2D eigenvalue weighted by Crippen LogP contribution is 2.48. The van der Waals surface area contributed by atoms with Gasteiger partial charge in [0, 0.05) is 0 Å². The van der Waals surface area contributed by atoms with Crippen LogP contribution in [0.2, 0.25) is 0 Å². The summed E-state index contributed by atoms with van der Waals surface area (Å²) in [4.78, 5) is 0. The standard InChI is InChI=1S/C18H29F/c1-13-11-16-4-2-3-15(18(16)12-13)8-5-14-6-9-17(19)10-7-14/h5,8,13-18H,2-4,6-7,9-12H2,1H3/b8-5+. The van der Waals surface area contributed by atoms with Crippen LogP contribution in [0.1, 0.15) is 64.7 Å². The van der Waals surface area contributed by atoms with E-state index >= 15 is 0 Å². The molecule has 3 aliphatic carbocycles. The molecule has 0 aromatic heterocycles. The van der Waals surface area contributed by atoms with Gasteiger partial charge in [0.05, 0.1) is 0 Å². The summed E-state index contributed by atoms with van der Waals surface area (Å²) < 4.78 is 13.1. The van der Waals surface area contributed by atoms with E-state index in [1.165, 1.54) is 32.1 Å². The van der Waals surface area contributed by atoms with Gasteiger partial charge >= 0.3 is 0 Å². The Kier molecular flexibility index (Phi) is 4.29. The zero-order valence-corrected chi connectivity index (χ0v) is 12.4. The highest BCUT2D eigenvalue weighted by atomic mass is 19.1. The largest absolute Gasteiger partial charge is 0.247 e. The third-order valence-electron chi connectivity index (χ3n) is 5.98. The predicted molar refractivity (Wildman–Crippen MR) is 78.7 cm³/mol. The summed E-state index contributed by atoms with van der Waals surface area (Å²) in [7, 11) is 0. The maximum Gasteiger partial charge on any atom is 0.100 e. The lowest BCUT2D eigenvalue weighted by molar-refractivity contribution is 0.213. The molecule has 0 aromatic rings. The summed E-state index contributed by atoms with van der Waals surface area (Å²) in [5.74, 6) is 4.45. The molecule has 3 saturated carbocycles. The van der Waals surface area contributed by atoms with Crippen molar-refractivity contribution in [1.29, 1.82) is 0 Å². The molecule has 19 heavy (non-hydrogen) atoms. The topological polar surface area (TPSA) is 0 Å². The number of halogens is 1. The van der Waals surface area contributed by atoms with Crippen molar-refractivity contribution >= 4 is 0 Å². The molecule has 0 bridgehead atoms. The highest BCUT2D eigenvalue weighted by molar-refractivity contribution is 5.01. The molecule has 0 spiro atoms. The Morgan fingerprint density at radius 1 is 0.895 bits per heavy atom. The molecule has 0 aliphatic heterocycles. The lowest BCUT2D eigenvalue weighted by Gasteiger charge is -2.32. The van der Waals surface area contributed by atoms with Crippen LogP contribution < -0.4 is 0 Å². The monoisotopic (exact) mass is 264 g/mol. The molecule has 3 fully saturated rings. The molecule has 0 nitrogen and oxygen atoms in total. The Bertz CT molecular complexity index is 314. The van der Waals surface area contributed by atoms with Gasteiger partial charge in [0.15, 0.2) is 0 Å². The zero-order chi connectivity index (χ0) is 13.2. The van der Waals surface area contributed by atoms with Crippen molar-refractivity contribution < 1.29 is 4.39 Å². The molecule has 3 rings (SSSR count). The summed E-state index contributed by atoms with van der Waals surface area (Å²) in [5, 5.41) is 0. The van der Waals surface area contributed by atoms with E-state index in [9.17, 15) is 4.39 Å². The van der Waals surface area contributed by atoms with Gasteiger partial charge in [0.2, 0.25) is 0 Å². The summed E-state index contributed by atoms with van der Waals surface area (Å²) in [6.07, 6.45) is 15.5. The van der Waals surface area contributed by atoms with Gasteiger partial charge in [-0.25, -0.2) is 4.39 Å². The first-order valence-corrected chi connectivity index (χ1v) is 8.54. The Morgan fingerprint density at radius 3 is 2.47 bits per heavy atom. The minimum Gasteiger partial charge on any atom is -0.247 e. The second-order valence-corrected chi connectivity index (χ2v) is 7.49. The first kappa shape index (κ1) is 13.6. The lowest BCUT2D eigenvalue weighted by Crippen LogP contribution is -2.23. The molecular weight excluding hydrogens is 235 g/mol. The van der Waals surface area contributed by atoms with E-state index in [1.54, 1.807) is 0 Å². The highest BCUT2D eigenvalue weighted by Gasteiger charge is 2.38. The fourth-order valence-corrected chi connectivity index (χ4v) is 4.94. The zero-order valence-electron chi connectivity index (χ0n) is 12.4. The Balaban J connectivity index is 1.56. The van der Waals surface area contributed by atoms with E-state index in [2.05, 4.69) is 19.1 Å². The number of allylic oxidation sites excluding steroid dienone is 2. The Morgan fingerprint density at radius 2 is 1.68 bits per heavy atom. The number of fused-ring (bicyclic) bond motifs is 1. The average Bonchev–Trinajstić information content (AvgIpc) is 2.79. The van der Waals surface area contributed by atoms with Gasteiger partial charge in [0.1, 0.15) is 6.17 Å². The van der Waals surface area contributed by atoms with Crippen LogP contribution in [0, 0.1) is 29.6 Å². The Hall–Kier alpha value is -0.330. The van der Waals surface area contributed by atoms with Crippen LogP contribution in [0.15, 0.2) is 12.2 Å². The second kappa shape index (κ2) is 5.97. The first-order chi connectivity index (χ1) is 9.22. The van der Waals surface area contributed by atoms with Crippen LogP contribution >= 0.6 is 0 Å². The number of hydrogen-bond donors (Lipinski definition) is 0. The van der Waals surface area contributed by atoms with Crippen molar-refractivity contribution in [2.75, 3.05) is 0 Å². The summed E-state index contributed by atoms with van der Waals surface area (Å²) in [6.45, 7) is 2.43. The molecule has 0 amide bonds. The van der Waals surface area contributed by atoms with Crippen molar-refractivity contribution in [3.05, 3.63) is 12.2 Å². The Labute approximate surface area is 117 Å². The van der Waals surface area contributed by atoms with Crippen LogP contribution in [-0.2, 0) is 0 Å². The minimum atomic E-state index is -0.514. The molecule has 0 N–H and O–H groups in total. The average molecular weight is 264 g/mol. The van der Waals surface area contributed by atoms with E-state index in [0.29, 0.717) is 5.92 Å². The third-order valence-corrected chi connectivity index (χ3v) is 5.98. The number of hydrogen-bond acceptors (Lipinski definition) is 0. The fourth-order valence-electron chi connectivity index (χ4n) is 4.94. The van der Waals surface area contributed by atoms with Crippen molar-refractivity contribution in [3.8, 4) is 0 Å². The predicted octanol–water partition coefficient (Wildman–Crippen LogP) is 5.53. The number of alkyl halides is 1. The maximum absolute atomic E-state index is 13.1. The molecule has 4 unspecified atom stereocenters. The van der Waals surface area contributed by atoms with Gasteiger partial charge < -0.3 is 0 Å². The second-order valence-electron chi connectivity index (χ2n) is 7.49. The van der Waals surface area contributed by atoms with Gasteiger partial charge in [0.25, 0.3) is 0 Å². The van der Waals surface area contributed by atoms with E-state index in [-0.39, 0.29) is 0 Å². The van der Waals surface area contributed by atoms with Crippen molar-refractivity contribution in [1.82, 2.24) is 0 Å². The summed E-state index contributed by atoms with van der Waals surface area (Å²) in [6, 6.07) is 0. The molecular formula is C18H29F. The molecule has 0 radical (unpaired) electrons. The van der Waals surface area contributed by atoms with Crippen molar-refractivity contribution in [2.24, 2.45) is 29.6 Å². The molecule has 108 valence electrons. The van der Waals surface area contributed by atoms with Crippen molar-refractivity contribution in [3.63, 3.8) is 0 Å². The van der Waals surface area contributed by atoms with Gasteiger partial charge in [-0.2, -0.15) is 0 Å². The smallest absolute Gasteiger partial charge is 0.100 e. The molecule has 4 atom stereocenters. The maximum atomic E-state index is 13.1. The third kappa shape index (κ3) is 3.23. The molecule has 0 saturated heterocycles. The van der Waals surface area contributed by atoms with Crippen LogP contribution in [-0.4, -0.2) is 6.17 Å². The molecule has 0 aromatic carbocycles. The van der Waals surface area contributed by atoms with E-state index in [0.717, 1.165) is 49.4 Å². The molecule has 1 heteroatoms. The van der Waals surface area contributed by atoms with Gasteiger partial charge in [-0.1, -0.05) is 31.9 Å². The normalized spacial score (nSPS) is 47.5. The van der Waals surface area contributed by atoms with E-state index in [1.807, 2.05) is 0 Å². The van der Waals surface area contributed by atoms with Gasteiger partial charge in [-0.3, -0.25) is 0 Å². The number of rotatable bonds is 2. The van der Waals surface area contributed by atoms with Crippen LogP contribution in [0.5, 0.6) is 0 Å². The van der Waals surface area contributed by atoms with E-state index < -0.39 is 6.17 Å². The molecule has 3 aliphatic rings. The van der Waals surface area contributed by atoms with E-state index in [4.69, 9.17) is 0 Å².